The Kier molecular flexibility index (Phi) is 7.66. The molecule has 0 aromatic carbocycles. The first-order valence-corrected chi connectivity index (χ1v) is 3.06. The minimum absolute atomic E-state index is 0. The molecule has 5 nitrogen and oxygen atoms in total. The molecule has 1 aliphatic rings. The van der Waals surface area contributed by atoms with Crippen molar-refractivity contribution in [2.75, 3.05) is 0 Å². The topological polar surface area (TPSA) is 85.8 Å². The monoisotopic (exact) mass is 232 g/mol. The second-order valence-corrected chi connectivity index (χ2v) is 2.95. The summed E-state index contributed by atoms with van der Waals surface area (Å²) in [4.78, 5) is 23.7. The fourth-order valence-electron chi connectivity index (χ4n) is 0.0447. The molecule has 1 fully saturated rings. The van der Waals surface area contributed by atoms with Gasteiger partial charge in [-0.2, -0.15) is 0 Å². The van der Waals surface area contributed by atoms with Gasteiger partial charge in [-0.15, -0.1) is 0 Å². The Bertz CT molecular complexity index is 78.7. The van der Waals surface area contributed by atoms with Crippen LogP contribution in [0.25, 0.3) is 0 Å². The zero-order valence-electron chi connectivity index (χ0n) is 3.36. The molecule has 0 spiro atoms. The minimum Gasteiger partial charge on any atom is 0 e. The fraction of sp³-hybridized carbons (Fsp3) is 0. The third-order valence-corrected chi connectivity index (χ3v) is 0.824. The van der Waals surface area contributed by atoms with Crippen LogP contribution in [0.3, 0.4) is 0 Å². The van der Waals surface area contributed by atoms with E-state index in [2.05, 4.69) is 9.35 Å². The van der Waals surface area contributed by atoms with Gasteiger partial charge < -0.3 is 0 Å². The molecule has 0 aliphatic carbocycles. The van der Waals surface area contributed by atoms with Crippen LogP contribution in [0.4, 0.5) is 0 Å². The van der Waals surface area contributed by atoms with Crippen LogP contribution in [-0.4, -0.2) is 33.5 Å². The summed E-state index contributed by atoms with van der Waals surface area (Å²) in [6.07, 6.45) is 0. The van der Waals surface area contributed by atoms with Crippen LogP contribution in [-0.2, 0) is 43.5 Å². The molecule has 0 aromatic rings. The van der Waals surface area contributed by atoms with Crippen LogP contribution in [0.1, 0.15) is 0 Å². The molecule has 3 N–H and O–H groups in total. The predicted molar refractivity (Wildman–Crippen MR) is 22.9 cm³/mol. The summed E-state index contributed by atoms with van der Waals surface area (Å²) in [7, 11) is -4.80. The smallest absolute Gasteiger partial charge is 0 e. The van der Waals surface area contributed by atoms with Crippen LogP contribution in [0.2, 0.25) is 0 Å². The molecule has 9 heteroatoms. The van der Waals surface area contributed by atoms with Crippen molar-refractivity contribution >= 4 is 26.6 Å². The van der Waals surface area contributed by atoms with Crippen LogP contribution < -0.4 is 0 Å². The average molecular weight is 232 g/mol. The first-order chi connectivity index (χ1) is 2.47. The van der Waals surface area contributed by atoms with E-state index in [9.17, 15) is 0 Å². The molecule has 0 bridgehead atoms. The van der Waals surface area contributed by atoms with Gasteiger partial charge in [-0.3, -0.25) is 0 Å². The number of hydrogen-bond acceptors (Lipinski definition) is 5. The Balaban J connectivity index is -0.000000120. The minimum atomic E-state index is -4.80. The Morgan fingerprint density at radius 1 is 0.889 bits per heavy atom. The average Bonchev–Trinajstić information content (AvgIpc) is 1.73. The first-order valence-electron chi connectivity index (χ1n) is 1.13. The van der Waals surface area contributed by atoms with Crippen LogP contribution in [0, 0.1) is 0 Å². The SMILES string of the molecule is OP1(O)(O)OO1.[LiH].[Mn].[Mn]. The number of rotatable bonds is 0. The molecule has 0 aromatic heterocycles. The van der Waals surface area contributed by atoms with E-state index >= 15 is 0 Å². The van der Waals surface area contributed by atoms with E-state index in [-0.39, 0.29) is 53.0 Å². The maximum atomic E-state index is 7.89. The van der Waals surface area contributed by atoms with Crippen LogP contribution >= 0.6 is 7.74 Å². The van der Waals surface area contributed by atoms with Gasteiger partial charge >= 0.3 is 50.6 Å². The molecule has 0 atom stereocenters. The summed E-state index contributed by atoms with van der Waals surface area (Å²) in [6, 6.07) is 0. The van der Waals surface area contributed by atoms with E-state index in [0.717, 1.165) is 0 Å². The van der Waals surface area contributed by atoms with E-state index < -0.39 is 7.74 Å². The molecule has 2 radical (unpaired) electrons. The molecule has 0 amide bonds. The zero-order chi connectivity index (χ0) is 4.86. The zero-order valence-corrected chi connectivity index (χ0v) is 6.62. The first kappa shape index (κ1) is 17.1. The number of hydrogen-bond donors (Lipinski definition) is 3. The van der Waals surface area contributed by atoms with Gasteiger partial charge in [0.15, 0.2) is 0 Å². The van der Waals surface area contributed by atoms with Crippen molar-refractivity contribution in [3.63, 3.8) is 0 Å². The summed E-state index contributed by atoms with van der Waals surface area (Å²) >= 11 is 0. The summed E-state index contributed by atoms with van der Waals surface area (Å²) < 4.78 is 6.76. The van der Waals surface area contributed by atoms with Gasteiger partial charge in [0.2, 0.25) is 0 Å². The Morgan fingerprint density at radius 2 is 1.00 bits per heavy atom. The predicted octanol–water partition coefficient (Wildman–Crippen LogP) is -1.60. The van der Waals surface area contributed by atoms with Gasteiger partial charge in [0.25, 0.3) is 0 Å². The van der Waals surface area contributed by atoms with Gasteiger partial charge in [0.05, 0.1) is 0 Å². The van der Waals surface area contributed by atoms with Crippen molar-refractivity contribution in [2.24, 2.45) is 0 Å². The molecule has 54 valence electrons. The van der Waals surface area contributed by atoms with E-state index in [1.54, 1.807) is 0 Å². The van der Waals surface area contributed by atoms with Gasteiger partial charge in [-0.05, 0) is 0 Å². The maximum absolute atomic E-state index is 7.89. The standard InChI is InChI=1S/Li.2Mn.H3O5P.H/c;;;1-6(2,3)4-5-6;/h;;;1-3H;. The van der Waals surface area contributed by atoms with Crippen molar-refractivity contribution in [3.05, 3.63) is 0 Å². The third-order valence-electron chi connectivity index (χ3n) is 0.275. The molecule has 1 heterocycles. The van der Waals surface area contributed by atoms with Crippen molar-refractivity contribution < 1.29 is 58.2 Å². The summed E-state index contributed by atoms with van der Waals surface area (Å²) in [5.74, 6) is 0. The van der Waals surface area contributed by atoms with Gasteiger partial charge in [0.1, 0.15) is 0 Å². The van der Waals surface area contributed by atoms with Crippen LogP contribution in [0.5, 0.6) is 0 Å². The van der Waals surface area contributed by atoms with E-state index in [1.165, 1.54) is 0 Å². The molecular formula is H4LiMn2O5P. The van der Waals surface area contributed by atoms with Gasteiger partial charge in [0, 0.05) is 34.1 Å². The van der Waals surface area contributed by atoms with Crippen molar-refractivity contribution in [3.8, 4) is 0 Å². The van der Waals surface area contributed by atoms with Crippen molar-refractivity contribution in [1.82, 2.24) is 0 Å². The molecule has 9 heavy (non-hydrogen) atoms. The van der Waals surface area contributed by atoms with Crippen LogP contribution in [0.15, 0.2) is 0 Å². The maximum Gasteiger partial charge on any atom is 0 e. The van der Waals surface area contributed by atoms with Crippen molar-refractivity contribution in [2.45, 2.75) is 0 Å². The molecule has 0 saturated carbocycles. The summed E-state index contributed by atoms with van der Waals surface area (Å²) in [5, 5.41) is 0. The second-order valence-electron chi connectivity index (χ2n) is 0.982. The quantitative estimate of drug-likeness (QED) is 0.202. The molecule has 1 rings (SSSR count). The van der Waals surface area contributed by atoms with E-state index in [4.69, 9.17) is 14.7 Å². The van der Waals surface area contributed by atoms with Gasteiger partial charge in [-0.1, -0.05) is 0 Å². The third kappa shape index (κ3) is 7.77. The second kappa shape index (κ2) is 4.03. The normalized spacial score (nSPS) is 28.6. The Labute approximate surface area is 84.5 Å². The molecule has 0 unspecified atom stereocenters. The Hall–Kier alpha value is 1.87. The van der Waals surface area contributed by atoms with Gasteiger partial charge in [-0.25, -0.2) is 0 Å². The summed E-state index contributed by atoms with van der Waals surface area (Å²) in [6.45, 7) is 0. The summed E-state index contributed by atoms with van der Waals surface area (Å²) in [5.41, 5.74) is 0. The molecule has 1 aliphatic heterocycles. The molecule has 1 saturated heterocycles. The molecular weight excluding hydrogens is 228 g/mol. The van der Waals surface area contributed by atoms with E-state index in [1.807, 2.05) is 0 Å². The largest absolute Gasteiger partial charge is 0 e. The van der Waals surface area contributed by atoms with Crippen molar-refractivity contribution in [1.29, 1.82) is 0 Å². The fourth-order valence-corrected chi connectivity index (χ4v) is 0.402. The van der Waals surface area contributed by atoms with E-state index in [0.29, 0.717) is 0 Å². The Morgan fingerprint density at radius 3 is 1.00 bits per heavy atom.